The largest absolute Gasteiger partial charge is 0.497 e. The summed E-state index contributed by atoms with van der Waals surface area (Å²) in [5, 5.41) is 2.14. The molecule has 2 aliphatic carbocycles. The maximum Gasteiger partial charge on any atom is 0.178 e. The summed E-state index contributed by atoms with van der Waals surface area (Å²) in [5.41, 5.74) is 11.9. The summed E-state index contributed by atoms with van der Waals surface area (Å²) in [5.74, 6) is 3.99. The predicted octanol–water partition coefficient (Wildman–Crippen LogP) is 13.7. The Kier molecular flexibility index (Phi) is 9.61. The van der Waals surface area contributed by atoms with Crippen molar-refractivity contribution in [1.29, 1.82) is 0 Å². The molecule has 5 nitrogen and oxygen atoms in total. The molecule has 1 spiro atoms. The van der Waals surface area contributed by atoms with Gasteiger partial charge in [0.25, 0.3) is 0 Å². The van der Waals surface area contributed by atoms with Gasteiger partial charge in [0, 0.05) is 38.5 Å². The fourth-order valence-corrected chi connectivity index (χ4v) is 11.4. The monoisotopic (exact) mass is 838 g/mol. The SMILES string of the molecule is COc1ccc(-c2cc3c4c(c5c(c3cc2OC)OC(c2ccc(OC)cc2)(c2ccc(OC)cc2)C=C5)C2(CCC(c3ccccc3)(c3ccccc3)CC2)c2ccccc2-4)cc1. The summed E-state index contributed by atoms with van der Waals surface area (Å²) < 4.78 is 31.0. The van der Waals surface area contributed by atoms with Crippen LogP contribution in [-0.2, 0) is 16.4 Å². The average Bonchev–Trinajstić information content (AvgIpc) is 3.66. The first kappa shape index (κ1) is 39.6. The highest BCUT2D eigenvalue weighted by Gasteiger charge is 2.53. The molecule has 0 atom stereocenters. The Labute approximate surface area is 375 Å². The molecule has 0 saturated heterocycles. The molecule has 1 aliphatic heterocycles. The summed E-state index contributed by atoms with van der Waals surface area (Å²) in [4.78, 5) is 0. The third-order valence-corrected chi connectivity index (χ3v) is 14.6. The van der Waals surface area contributed by atoms with Crippen LogP contribution in [-0.4, -0.2) is 28.4 Å². The standard InChI is InChI=1S/C59H50O5/c1-60-44-25-19-39(20-26-44)49-37-50-51(38-53(49)63-4)56-48(31-32-59(64-56,42-21-27-45(61-2)28-22-42)43-23-29-46(62-3)30-24-43)55-54(50)47-17-11-12-18-52(47)58(55)35-33-57(34-36-58,40-13-7-5-8-14-40)41-15-9-6-10-16-41/h5-32,37-38H,33-36H2,1-4H3. The quantitative estimate of drug-likeness (QED) is 0.145. The molecule has 11 rings (SSSR count). The van der Waals surface area contributed by atoms with Crippen LogP contribution in [0.5, 0.6) is 28.7 Å². The van der Waals surface area contributed by atoms with E-state index < -0.39 is 5.60 Å². The van der Waals surface area contributed by atoms with E-state index in [0.717, 1.165) is 93.0 Å². The number of hydrogen-bond donors (Lipinski definition) is 0. The van der Waals surface area contributed by atoms with E-state index in [9.17, 15) is 0 Å². The number of ether oxygens (including phenoxy) is 5. The normalized spacial score (nSPS) is 16.0. The number of hydrogen-bond acceptors (Lipinski definition) is 5. The molecule has 5 heteroatoms. The van der Waals surface area contributed by atoms with Crippen LogP contribution in [0.25, 0.3) is 39.1 Å². The number of benzene rings is 8. The van der Waals surface area contributed by atoms with Gasteiger partial charge in [0.2, 0.25) is 0 Å². The first-order valence-corrected chi connectivity index (χ1v) is 22.2. The Morgan fingerprint density at radius 1 is 0.453 bits per heavy atom. The van der Waals surface area contributed by atoms with E-state index in [4.69, 9.17) is 23.7 Å². The molecule has 8 aromatic rings. The fourth-order valence-electron chi connectivity index (χ4n) is 11.4. The van der Waals surface area contributed by atoms with Gasteiger partial charge in [-0.05, 0) is 125 Å². The van der Waals surface area contributed by atoms with Crippen molar-refractivity contribution in [3.63, 3.8) is 0 Å². The highest BCUT2D eigenvalue weighted by molar-refractivity contribution is 6.10. The summed E-state index contributed by atoms with van der Waals surface area (Å²) in [6, 6.07) is 60.8. The van der Waals surface area contributed by atoms with Gasteiger partial charge in [0.05, 0.1) is 28.4 Å². The summed E-state index contributed by atoms with van der Waals surface area (Å²) >= 11 is 0. The molecular weight excluding hydrogens is 789 g/mol. The lowest BCUT2D eigenvalue weighted by Gasteiger charge is -2.48. The first-order valence-electron chi connectivity index (χ1n) is 22.2. The first-order chi connectivity index (χ1) is 31.4. The molecule has 316 valence electrons. The molecular formula is C59H50O5. The Hall–Kier alpha value is -7.24. The second-order valence-corrected chi connectivity index (χ2v) is 17.4. The van der Waals surface area contributed by atoms with Gasteiger partial charge in [-0.25, -0.2) is 0 Å². The highest BCUT2D eigenvalue weighted by atomic mass is 16.5. The third kappa shape index (κ3) is 5.97. The lowest BCUT2D eigenvalue weighted by atomic mass is 9.56. The van der Waals surface area contributed by atoms with Crippen molar-refractivity contribution in [2.24, 2.45) is 0 Å². The molecule has 0 aromatic heterocycles. The topological polar surface area (TPSA) is 46.2 Å². The molecule has 64 heavy (non-hydrogen) atoms. The second kappa shape index (κ2) is 15.5. The van der Waals surface area contributed by atoms with E-state index in [0.29, 0.717) is 0 Å². The van der Waals surface area contributed by atoms with Crippen molar-refractivity contribution >= 4 is 16.8 Å². The van der Waals surface area contributed by atoms with Crippen LogP contribution in [0.1, 0.15) is 64.6 Å². The van der Waals surface area contributed by atoms with E-state index in [2.05, 4.69) is 146 Å². The van der Waals surface area contributed by atoms with Gasteiger partial charge in [-0.1, -0.05) is 127 Å². The maximum atomic E-state index is 7.82. The van der Waals surface area contributed by atoms with Crippen LogP contribution in [0.2, 0.25) is 0 Å². The van der Waals surface area contributed by atoms with Gasteiger partial charge in [0.1, 0.15) is 28.7 Å². The number of rotatable bonds is 9. The van der Waals surface area contributed by atoms with Crippen molar-refractivity contribution < 1.29 is 23.7 Å². The minimum atomic E-state index is -0.977. The van der Waals surface area contributed by atoms with Crippen molar-refractivity contribution in [1.82, 2.24) is 0 Å². The summed E-state index contributed by atoms with van der Waals surface area (Å²) in [6.45, 7) is 0. The average molecular weight is 839 g/mol. The fraction of sp³-hybridized carbons (Fsp3) is 0.186. The predicted molar refractivity (Wildman–Crippen MR) is 257 cm³/mol. The van der Waals surface area contributed by atoms with Crippen molar-refractivity contribution in [2.45, 2.75) is 42.1 Å². The van der Waals surface area contributed by atoms with Gasteiger partial charge in [0.15, 0.2) is 5.60 Å². The zero-order valence-electron chi connectivity index (χ0n) is 36.7. The van der Waals surface area contributed by atoms with Crippen molar-refractivity contribution in [3.05, 3.63) is 215 Å². The Bertz CT molecular complexity index is 2950. The second-order valence-electron chi connectivity index (χ2n) is 17.4. The van der Waals surface area contributed by atoms with Crippen molar-refractivity contribution in [3.8, 4) is 51.0 Å². The van der Waals surface area contributed by atoms with Gasteiger partial charge in [-0.15, -0.1) is 0 Å². The zero-order chi connectivity index (χ0) is 43.5. The smallest absolute Gasteiger partial charge is 0.178 e. The van der Waals surface area contributed by atoms with Gasteiger partial charge in [-0.3, -0.25) is 0 Å². The molecule has 1 heterocycles. The van der Waals surface area contributed by atoms with Crippen molar-refractivity contribution in [2.75, 3.05) is 28.4 Å². The molecule has 0 unspecified atom stereocenters. The van der Waals surface area contributed by atoms with E-state index >= 15 is 0 Å². The minimum Gasteiger partial charge on any atom is -0.497 e. The lowest BCUT2D eigenvalue weighted by Crippen LogP contribution is -2.41. The van der Waals surface area contributed by atoms with E-state index in [1.807, 2.05) is 36.4 Å². The third-order valence-electron chi connectivity index (χ3n) is 14.6. The molecule has 8 aromatic carbocycles. The molecule has 1 fully saturated rings. The summed E-state index contributed by atoms with van der Waals surface area (Å²) in [6.07, 6.45) is 8.55. The lowest BCUT2D eigenvalue weighted by molar-refractivity contribution is 0.162. The van der Waals surface area contributed by atoms with Crippen LogP contribution in [0.15, 0.2) is 176 Å². The molecule has 0 amide bonds. The van der Waals surface area contributed by atoms with Crippen LogP contribution in [0.4, 0.5) is 0 Å². The van der Waals surface area contributed by atoms with E-state index in [1.165, 1.54) is 33.4 Å². The number of methoxy groups -OCH3 is 4. The van der Waals surface area contributed by atoms with E-state index in [-0.39, 0.29) is 10.8 Å². The number of fused-ring (bicyclic) bond motifs is 10. The van der Waals surface area contributed by atoms with E-state index in [1.54, 1.807) is 28.4 Å². The van der Waals surface area contributed by atoms with Gasteiger partial charge < -0.3 is 23.7 Å². The molecule has 3 aliphatic rings. The van der Waals surface area contributed by atoms with Crippen LogP contribution in [0, 0.1) is 0 Å². The molecule has 0 bridgehead atoms. The Morgan fingerprint density at radius 2 is 0.969 bits per heavy atom. The Morgan fingerprint density at radius 3 is 1.52 bits per heavy atom. The highest BCUT2D eigenvalue weighted by Crippen LogP contribution is 2.65. The summed E-state index contributed by atoms with van der Waals surface area (Å²) in [7, 11) is 6.86. The molecule has 1 saturated carbocycles. The van der Waals surface area contributed by atoms with Crippen LogP contribution in [0.3, 0.4) is 0 Å². The van der Waals surface area contributed by atoms with Gasteiger partial charge in [-0.2, -0.15) is 0 Å². The molecule has 0 N–H and O–H groups in total. The van der Waals surface area contributed by atoms with Crippen LogP contribution < -0.4 is 23.7 Å². The Balaban J connectivity index is 1.19. The zero-order valence-corrected chi connectivity index (χ0v) is 36.7. The van der Waals surface area contributed by atoms with Crippen LogP contribution >= 0.6 is 0 Å². The maximum absolute atomic E-state index is 7.82. The molecule has 0 radical (unpaired) electrons. The van der Waals surface area contributed by atoms with Gasteiger partial charge >= 0.3 is 0 Å². The minimum absolute atomic E-state index is 0.124.